The molecule has 0 N–H and O–H groups in total. The average Bonchev–Trinajstić information content (AvgIpc) is 3.06. The fourth-order valence-corrected chi connectivity index (χ4v) is 1.78. The van der Waals surface area contributed by atoms with Gasteiger partial charge >= 0.3 is 0 Å². The van der Waals surface area contributed by atoms with Crippen LogP contribution in [0.2, 0.25) is 0 Å². The first kappa shape index (κ1) is 13.1. The first-order valence-corrected chi connectivity index (χ1v) is 6.56. The SMILES string of the molecule is C(=N\n1cnnc1)/c1ccc(OCc2ccccc2)cc1. The van der Waals surface area contributed by atoms with Gasteiger partial charge in [0.1, 0.15) is 25.0 Å². The number of nitrogens with zero attached hydrogens (tertiary/aromatic N) is 4. The number of ether oxygens (including phenoxy) is 1. The molecule has 2 aromatic carbocycles. The van der Waals surface area contributed by atoms with Crippen molar-refractivity contribution in [2.24, 2.45) is 5.10 Å². The lowest BCUT2D eigenvalue weighted by atomic mass is 10.2. The summed E-state index contributed by atoms with van der Waals surface area (Å²) in [6.45, 7) is 0.564. The van der Waals surface area contributed by atoms with Crippen molar-refractivity contribution in [3.05, 3.63) is 78.4 Å². The minimum absolute atomic E-state index is 0.564. The summed E-state index contributed by atoms with van der Waals surface area (Å²) in [6, 6.07) is 17.8. The number of hydrogen-bond acceptors (Lipinski definition) is 4. The van der Waals surface area contributed by atoms with E-state index in [1.165, 1.54) is 12.7 Å². The van der Waals surface area contributed by atoms with Crippen molar-refractivity contribution in [3.8, 4) is 5.75 Å². The fraction of sp³-hybridized carbons (Fsp3) is 0.0625. The van der Waals surface area contributed by atoms with Crippen LogP contribution in [-0.4, -0.2) is 21.1 Å². The Balaban J connectivity index is 1.59. The Morgan fingerprint density at radius 2 is 1.67 bits per heavy atom. The summed E-state index contributed by atoms with van der Waals surface area (Å²) in [5.41, 5.74) is 2.13. The summed E-state index contributed by atoms with van der Waals surface area (Å²) in [5, 5.41) is 11.5. The lowest BCUT2D eigenvalue weighted by Crippen LogP contribution is -1.95. The smallest absolute Gasteiger partial charge is 0.141 e. The van der Waals surface area contributed by atoms with Gasteiger partial charge in [0, 0.05) is 0 Å². The van der Waals surface area contributed by atoms with Gasteiger partial charge in [-0.1, -0.05) is 30.3 Å². The molecule has 3 aromatic rings. The van der Waals surface area contributed by atoms with Crippen molar-refractivity contribution < 1.29 is 4.74 Å². The van der Waals surface area contributed by atoms with Crippen molar-refractivity contribution in [3.63, 3.8) is 0 Å². The van der Waals surface area contributed by atoms with Crippen LogP contribution < -0.4 is 4.74 Å². The highest BCUT2D eigenvalue weighted by Crippen LogP contribution is 2.13. The highest BCUT2D eigenvalue weighted by molar-refractivity contribution is 5.79. The number of aromatic nitrogens is 3. The highest BCUT2D eigenvalue weighted by atomic mass is 16.5. The molecule has 0 radical (unpaired) electrons. The molecule has 0 aliphatic carbocycles. The summed E-state index contributed by atoms with van der Waals surface area (Å²) in [5.74, 6) is 0.834. The van der Waals surface area contributed by atoms with Crippen LogP contribution in [0.4, 0.5) is 0 Å². The Morgan fingerprint density at radius 3 is 2.38 bits per heavy atom. The molecule has 3 rings (SSSR count). The van der Waals surface area contributed by atoms with Crippen LogP contribution in [-0.2, 0) is 6.61 Å². The molecular formula is C16H14N4O. The first-order chi connectivity index (χ1) is 10.4. The van der Waals surface area contributed by atoms with E-state index in [0.29, 0.717) is 6.61 Å². The topological polar surface area (TPSA) is 52.3 Å². The average molecular weight is 278 g/mol. The largest absolute Gasteiger partial charge is 0.489 e. The second-order valence-electron chi connectivity index (χ2n) is 4.43. The molecule has 1 aromatic heterocycles. The molecule has 5 nitrogen and oxygen atoms in total. The van der Waals surface area contributed by atoms with E-state index in [1.54, 1.807) is 10.9 Å². The van der Waals surface area contributed by atoms with Gasteiger partial charge in [0.2, 0.25) is 0 Å². The van der Waals surface area contributed by atoms with Gasteiger partial charge in [-0.25, -0.2) is 4.68 Å². The molecule has 0 atom stereocenters. The lowest BCUT2D eigenvalue weighted by molar-refractivity contribution is 0.306. The number of hydrogen-bond donors (Lipinski definition) is 0. The highest BCUT2D eigenvalue weighted by Gasteiger charge is 1.96. The molecule has 0 amide bonds. The molecule has 0 aliphatic heterocycles. The zero-order valence-corrected chi connectivity index (χ0v) is 11.3. The summed E-state index contributed by atoms with van der Waals surface area (Å²) < 4.78 is 7.27. The van der Waals surface area contributed by atoms with Crippen molar-refractivity contribution >= 4 is 6.21 Å². The van der Waals surface area contributed by atoms with Gasteiger partial charge in [-0.2, -0.15) is 5.10 Å². The van der Waals surface area contributed by atoms with Gasteiger partial charge in [0.25, 0.3) is 0 Å². The zero-order valence-electron chi connectivity index (χ0n) is 11.3. The van der Waals surface area contributed by atoms with E-state index in [1.807, 2.05) is 54.6 Å². The van der Waals surface area contributed by atoms with Crippen LogP contribution in [0.25, 0.3) is 0 Å². The van der Waals surface area contributed by atoms with Crippen LogP contribution in [0.3, 0.4) is 0 Å². The molecule has 0 unspecified atom stereocenters. The molecule has 21 heavy (non-hydrogen) atoms. The summed E-state index contributed by atoms with van der Waals surface area (Å²) >= 11 is 0. The van der Waals surface area contributed by atoms with E-state index < -0.39 is 0 Å². The minimum atomic E-state index is 0.564. The second kappa shape index (κ2) is 6.47. The molecule has 0 saturated carbocycles. The molecule has 0 fully saturated rings. The minimum Gasteiger partial charge on any atom is -0.489 e. The monoisotopic (exact) mass is 278 g/mol. The molecule has 104 valence electrons. The summed E-state index contributed by atoms with van der Waals surface area (Å²) in [6.07, 6.45) is 4.81. The maximum absolute atomic E-state index is 5.73. The van der Waals surface area contributed by atoms with E-state index in [-0.39, 0.29) is 0 Å². The molecule has 5 heteroatoms. The third-order valence-electron chi connectivity index (χ3n) is 2.88. The van der Waals surface area contributed by atoms with E-state index in [2.05, 4.69) is 15.3 Å². The Kier molecular flexibility index (Phi) is 4.02. The summed E-state index contributed by atoms with van der Waals surface area (Å²) in [4.78, 5) is 0. The van der Waals surface area contributed by atoms with Gasteiger partial charge < -0.3 is 4.74 Å². The molecule has 0 saturated heterocycles. The maximum atomic E-state index is 5.73. The standard InChI is InChI=1S/C16H14N4O/c1-2-4-15(5-3-1)11-21-16-8-6-14(7-9-16)10-19-20-12-17-18-13-20/h1-10,12-13H,11H2/b19-10+. The normalized spacial score (nSPS) is 10.9. The van der Waals surface area contributed by atoms with E-state index in [9.17, 15) is 0 Å². The van der Waals surface area contributed by atoms with Crippen LogP contribution in [0.1, 0.15) is 11.1 Å². The number of benzene rings is 2. The Hall–Kier alpha value is -2.95. The van der Waals surface area contributed by atoms with Crippen LogP contribution in [0.5, 0.6) is 5.75 Å². The third kappa shape index (κ3) is 3.76. The zero-order chi connectivity index (χ0) is 14.3. The van der Waals surface area contributed by atoms with Crippen molar-refractivity contribution in [1.82, 2.24) is 14.9 Å². The van der Waals surface area contributed by atoms with Crippen molar-refractivity contribution in [2.45, 2.75) is 6.61 Å². The van der Waals surface area contributed by atoms with E-state index in [4.69, 9.17) is 4.74 Å². The Bertz CT molecular complexity index is 691. The number of rotatable bonds is 5. The molecule has 0 aliphatic rings. The van der Waals surface area contributed by atoms with Gasteiger partial charge in [0.15, 0.2) is 0 Å². The fourth-order valence-electron chi connectivity index (χ4n) is 1.78. The molecule has 0 bridgehead atoms. The van der Waals surface area contributed by atoms with Crippen LogP contribution in [0.15, 0.2) is 72.4 Å². The van der Waals surface area contributed by atoms with E-state index >= 15 is 0 Å². The van der Waals surface area contributed by atoms with Gasteiger partial charge in [-0.3, -0.25) is 0 Å². The van der Waals surface area contributed by atoms with Crippen LogP contribution in [0, 0.1) is 0 Å². The third-order valence-corrected chi connectivity index (χ3v) is 2.88. The summed E-state index contributed by atoms with van der Waals surface area (Å²) in [7, 11) is 0. The van der Waals surface area contributed by atoms with Gasteiger partial charge in [-0.05, 0) is 35.4 Å². The molecule has 1 heterocycles. The van der Waals surface area contributed by atoms with Crippen LogP contribution >= 0.6 is 0 Å². The first-order valence-electron chi connectivity index (χ1n) is 6.56. The maximum Gasteiger partial charge on any atom is 0.141 e. The van der Waals surface area contributed by atoms with Gasteiger partial charge in [0.05, 0.1) is 6.21 Å². The quantitative estimate of drug-likeness (QED) is 0.674. The predicted octanol–water partition coefficient (Wildman–Crippen LogP) is 2.74. The van der Waals surface area contributed by atoms with Crippen molar-refractivity contribution in [1.29, 1.82) is 0 Å². The molecule has 0 spiro atoms. The lowest BCUT2D eigenvalue weighted by Gasteiger charge is -2.06. The Labute approximate surface area is 122 Å². The Morgan fingerprint density at radius 1 is 0.952 bits per heavy atom. The second-order valence-corrected chi connectivity index (χ2v) is 4.43. The van der Waals surface area contributed by atoms with Gasteiger partial charge in [-0.15, -0.1) is 10.2 Å². The molecular weight excluding hydrogens is 264 g/mol. The van der Waals surface area contributed by atoms with E-state index in [0.717, 1.165) is 16.9 Å². The van der Waals surface area contributed by atoms with Crippen molar-refractivity contribution in [2.75, 3.05) is 0 Å². The predicted molar refractivity (Wildman–Crippen MR) is 80.2 cm³/mol.